The number of nitrogens with zero attached hydrogens (tertiary/aromatic N) is 1. The molecule has 1 N–H and O–H groups in total. The normalized spacial score (nSPS) is 11.1. The first-order valence-corrected chi connectivity index (χ1v) is 4.89. The molecule has 0 radical (unpaired) electrons. The average Bonchev–Trinajstić information content (AvgIpc) is 1.95. The van der Waals surface area contributed by atoms with E-state index in [0.717, 1.165) is 13.0 Å². The zero-order valence-electron chi connectivity index (χ0n) is 9.59. The third kappa shape index (κ3) is 7.73. The third-order valence-electron chi connectivity index (χ3n) is 1.96. The van der Waals surface area contributed by atoms with E-state index >= 15 is 0 Å². The Morgan fingerprint density at radius 1 is 1.21 bits per heavy atom. The highest BCUT2D eigenvalue weighted by atomic mass is 16.1. The second kappa shape index (κ2) is 5.75. The lowest BCUT2D eigenvalue weighted by Crippen LogP contribution is -2.44. The van der Waals surface area contributed by atoms with Gasteiger partial charge >= 0.3 is 0 Å². The van der Waals surface area contributed by atoms with Gasteiger partial charge in [0.15, 0.2) is 5.78 Å². The van der Waals surface area contributed by atoms with Crippen molar-refractivity contribution in [2.24, 2.45) is 0 Å². The Morgan fingerprint density at radius 3 is 2.21 bits per heavy atom. The Kier molecular flexibility index (Phi) is 5.38. The molecule has 0 fully saturated rings. The number of rotatable bonds is 6. The number of ketones is 1. The van der Waals surface area contributed by atoms with Crippen LogP contribution in [0.3, 0.4) is 0 Å². The molecule has 0 aromatic carbocycles. The Bertz CT molecular complexity index is 212. The highest BCUT2D eigenvalue weighted by Gasteiger charge is 2.16. The monoisotopic (exact) mass is 201 g/mol. The fraction of sp³-hybridized carbons (Fsp3) is 0.800. The van der Waals surface area contributed by atoms with Crippen LogP contribution in [0.25, 0.3) is 0 Å². The number of nitrogens with one attached hydrogen (secondary N) is 1. The van der Waals surface area contributed by atoms with E-state index in [1.165, 1.54) is 6.92 Å². The summed E-state index contributed by atoms with van der Waals surface area (Å²) in [5.41, 5.74) is 0. The maximum Gasteiger partial charge on any atom is 0.216 e. The second-order valence-electron chi connectivity index (χ2n) is 4.36. The molecule has 0 bridgehead atoms. The maximum absolute atomic E-state index is 10.9. The molecule has 0 aliphatic heterocycles. The fourth-order valence-corrected chi connectivity index (χ4v) is 1.45. The summed E-state index contributed by atoms with van der Waals surface area (Å²) in [5.74, 6) is 0.205. The Hall–Kier alpha value is -0.900. The summed E-state index contributed by atoms with van der Waals surface area (Å²) in [4.78, 5) is 21.5. The van der Waals surface area contributed by atoms with E-state index in [-0.39, 0.29) is 11.7 Å². The van der Waals surface area contributed by atoms with Gasteiger partial charge in [0, 0.05) is 26.8 Å². The van der Waals surface area contributed by atoms with Gasteiger partial charge in [-0.05, 0) is 0 Å². The molecule has 82 valence electrons. The standard InChI is InChI=1S/C10H20N2O2/c1-9(13)8-12(3,4)7-5-6-11-10(2)14/h5-8H2,1-4H3/p+1. The second-order valence-corrected chi connectivity index (χ2v) is 4.36. The molecule has 0 aromatic heterocycles. The van der Waals surface area contributed by atoms with Crippen LogP contribution in [0.4, 0.5) is 0 Å². The van der Waals surface area contributed by atoms with Gasteiger partial charge in [-0.2, -0.15) is 0 Å². The molecule has 0 atom stereocenters. The van der Waals surface area contributed by atoms with Crippen LogP contribution < -0.4 is 5.32 Å². The Balaban J connectivity index is 3.65. The molecule has 1 amide bonds. The molecule has 0 rings (SSSR count). The molecule has 0 spiro atoms. The van der Waals surface area contributed by atoms with Crippen LogP contribution in [0.15, 0.2) is 0 Å². The quantitative estimate of drug-likeness (QED) is 0.492. The van der Waals surface area contributed by atoms with Gasteiger partial charge in [-0.1, -0.05) is 0 Å². The van der Waals surface area contributed by atoms with Crippen LogP contribution in [-0.4, -0.2) is 49.9 Å². The van der Waals surface area contributed by atoms with Crippen molar-refractivity contribution in [3.63, 3.8) is 0 Å². The Labute approximate surface area is 85.9 Å². The molecular weight excluding hydrogens is 180 g/mol. The zero-order valence-corrected chi connectivity index (χ0v) is 9.59. The fourth-order valence-electron chi connectivity index (χ4n) is 1.45. The van der Waals surface area contributed by atoms with E-state index in [9.17, 15) is 9.59 Å². The molecule has 14 heavy (non-hydrogen) atoms. The average molecular weight is 201 g/mol. The number of hydrogen-bond donors (Lipinski definition) is 1. The van der Waals surface area contributed by atoms with Crippen LogP contribution in [0.2, 0.25) is 0 Å². The number of Topliss-reactive ketones (excluding diaryl/α,β-unsaturated/α-hetero) is 1. The van der Waals surface area contributed by atoms with Gasteiger partial charge < -0.3 is 9.80 Å². The lowest BCUT2D eigenvalue weighted by Gasteiger charge is -2.28. The summed E-state index contributed by atoms with van der Waals surface area (Å²) >= 11 is 0. The minimum absolute atomic E-state index is 0.00174. The smallest absolute Gasteiger partial charge is 0.216 e. The van der Waals surface area contributed by atoms with Gasteiger partial charge in [-0.25, -0.2) is 0 Å². The molecule has 0 unspecified atom stereocenters. The molecule has 0 aliphatic carbocycles. The summed E-state index contributed by atoms with van der Waals surface area (Å²) in [7, 11) is 4.05. The number of likely N-dealkylation sites (N-methyl/N-ethyl adjacent to an activating group) is 1. The summed E-state index contributed by atoms with van der Waals surface area (Å²) in [6, 6.07) is 0. The largest absolute Gasteiger partial charge is 0.356 e. The third-order valence-corrected chi connectivity index (χ3v) is 1.96. The molecule has 0 saturated carbocycles. The van der Waals surface area contributed by atoms with E-state index in [1.54, 1.807) is 6.92 Å². The van der Waals surface area contributed by atoms with Crippen molar-refractivity contribution in [1.82, 2.24) is 5.32 Å². The number of quaternary nitrogens is 1. The molecule has 0 aliphatic rings. The van der Waals surface area contributed by atoms with E-state index in [0.29, 0.717) is 17.6 Å². The minimum Gasteiger partial charge on any atom is -0.356 e. The molecule has 0 saturated heterocycles. The van der Waals surface area contributed by atoms with Crippen LogP contribution >= 0.6 is 0 Å². The summed E-state index contributed by atoms with van der Waals surface area (Å²) in [6.07, 6.45) is 0.903. The summed E-state index contributed by atoms with van der Waals surface area (Å²) in [6.45, 7) is 5.26. The predicted molar refractivity (Wildman–Crippen MR) is 55.8 cm³/mol. The van der Waals surface area contributed by atoms with Crippen LogP contribution in [0.5, 0.6) is 0 Å². The van der Waals surface area contributed by atoms with Gasteiger partial charge in [-0.3, -0.25) is 9.59 Å². The zero-order chi connectivity index (χ0) is 11.2. The summed E-state index contributed by atoms with van der Waals surface area (Å²) in [5, 5.41) is 2.74. The molecule has 4 heteroatoms. The van der Waals surface area contributed by atoms with Crippen molar-refractivity contribution < 1.29 is 14.1 Å². The van der Waals surface area contributed by atoms with Crippen LogP contribution in [-0.2, 0) is 9.59 Å². The highest BCUT2D eigenvalue weighted by Crippen LogP contribution is 1.98. The van der Waals surface area contributed by atoms with Crippen molar-refractivity contribution in [2.45, 2.75) is 20.3 Å². The SMILES string of the molecule is CC(=O)C[N+](C)(C)CCCNC(C)=O. The van der Waals surface area contributed by atoms with Crippen LogP contribution in [0.1, 0.15) is 20.3 Å². The predicted octanol–water partition coefficient (Wildman–Crippen LogP) is 0.178. The molecule has 0 heterocycles. The first kappa shape index (κ1) is 13.1. The van der Waals surface area contributed by atoms with Gasteiger partial charge in [0.25, 0.3) is 0 Å². The van der Waals surface area contributed by atoms with E-state index < -0.39 is 0 Å². The van der Waals surface area contributed by atoms with Crippen molar-refractivity contribution in [3.8, 4) is 0 Å². The molecule has 0 aromatic rings. The van der Waals surface area contributed by atoms with Gasteiger partial charge in [0.2, 0.25) is 5.91 Å². The van der Waals surface area contributed by atoms with Crippen LogP contribution in [0, 0.1) is 0 Å². The van der Waals surface area contributed by atoms with Gasteiger partial charge in [0.1, 0.15) is 6.54 Å². The first-order chi connectivity index (χ1) is 6.33. The van der Waals surface area contributed by atoms with Crippen molar-refractivity contribution in [3.05, 3.63) is 0 Å². The minimum atomic E-state index is 0.00174. The number of hydrogen-bond acceptors (Lipinski definition) is 2. The maximum atomic E-state index is 10.9. The van der Waals surface area contributed by atoms with Crippen molar-refractivity contribution >= 4 is 11.7 Å². The number of amides is 1. The molecular formula is C10H21N2O2+. The topological polar surface area (TPSA) is 46.2 Å². The molecule has 4 nitrogen and oxygen atoms in total. The number of carbonyl (C=O) groups is 2. The first-order valence-electron chi connectivity index (χ1n) is 4.89. The van der Waals surface area contributed by atoms with E-state index in [2.05, 4.69) is 5.32 Å². The van der Waals surface area contributed by atoms with Gasteiger partial charge in [0.05, 0.1) is 20.6 Å². The van der Waals surface area contributed by atoms with Crippen molar-refractivity contribution in [2.75, 3.05) is 33.7 Å². The highest BCUT2D eigenvalue weighted by molar-refractivity contribution is 5.76. The lowest BCUT2D eigenvalue weighted by atomic mass is 10.3. The van der Waals surface area contributed by atoms with E-state index in [1.807, 2.05) is 14.1 Å². The van der Waals surface area contributed by atoms with Gasteiger partial charge in [-0.15, -0.1) is 0 Å². The summed E-state index contributed by atoms with van der Waals surface area (Å²) < 4.78 is 0.689. The number of carbonyl (C=O) groups excluding carboxylic acids is 2. The van der Waals surface area contributed by atoms with E-state index in [4.69, 9.17) is 0 Å². The van der Waals surface area contributed by atoms with Crippen molar-refractivity contribution in [1.29, 1.82) is 0 Å². The lowest BCUT2D eigenvalue weighted by molar-refractivity contribution is -0.882. The Morgan fingerprint density at radius 2 is 1.79 bits per heavy atom.